The molecule has 1 aromatic rings. The summed E-state index contributed by atoms with van der Waals surface area (Å²) >= 11 is 4.12. The van der Waals surface area contributed by atoms with Crippen molar-refractivity contribution in [2.24, 2.45) is 0 Å². The predicted molar refractivity (Wildman–Crippen MR) is 60.2 cm³/mol. The number of rotatable bonds is 4. The Hall–Kier alpha value is -1.51. The van der Waals surface area contributed by atoms with Crippen molar-refractivity contribution in [3.63, 3.8) is 0 Å². The molecule has 0 amide bonds. The van der Waals surface area contributed by atoms with Gasteiger partial charge in [-0.1, -0.05) is 12.1 Å². The minimum atomic E-state index is -1.56. The van der Waals surface area contributed by atoms with E-state index in [0.29, 0.717) is 17.7 Å². The van der Waals surface area contributed by atoms with Gasteiger partial charge in [0.2, 0.25) is 0 Å². The number of thiol groups is 1. The highest BCUT2D eigenvalue weighted by atomic mass is 32.1. The summed E-state index contributed by atoms with van der Waals surface area (Å²) in [6.07, 6.45) is -0.570. The summed E-state index contributed by atoms with van der Waals surface area (Å²) in [5, 5.41) is 26.4. The topological polar surface area (TPSA) is 81.3 Å². The lowest BCUT2D eigenvalue weighted by atomic mass is 10.0. The largest absolute Gasteiger partial charge is 0.479 e. The molecule has 16 heavy (non-hydrogen) atoms. The maximum Gasteiger partial charge on any atom is 0.337 e. The van der Waals surface area contributed by atoms with Gasteiger partial charge >= 0.3 is 5.97 Å². The zero-order valence-electron chi connectivity index (χ0n) is 8.42. The van der Waals surface area contributed by atoms with Crippen LogP contribution >= 0.6 is 12.6 Å². The van der Waals surface area contributed by atoms with E-state index in [4.69, 9.17) is 10.4 Å². The Morgan fingerprint density at radius 3 is 2.75 bits per heavy atom. The van der Waals surface area contributed by atoms with Crippen LogP contribution in [0, 0.1) is 11.3 Å². The van der Waals surface area contributed by atoms with E-state index < -0.39 is 12.1 Å². The van der Waals surface area contributed by atoms with E-state index in [-0.39, 0.29) is 5.56 Å². The van der Waals surface area contributed by atoms with E-state index in [2.05, 4.69) is 12.6 Å². The van der Waals surface area contributed by atoms with Gasteiger partial charge in [-0.25, -0.2) is 4.79 Å². The standard InChI is InChI=1S/C11H11NO3S/c12-5-1-2-7-3-4-8(9(16)6-7)10(13)11(14)15/h3-4,6,10,13,16H,1-2H2,(H,14,15). The number of aliphatic carboxylic acids is 1. The van der Waals surface area contributed by atoms with Gasteiger partial charge in [0, 0.05) is 16.9 Å². The van der Waals surface area contributed by atoms with E-state index in [1.54, 1.807) is 12.1 Å². The fourth-order valence-corrected chi connectivity index (χ4v) is 1.67. The molecular weight excluding hydrogens is 226 g/mol. The molecule has 0 fully saturated rings. The molecule has 2 N–H and O–H groups in total. The van der Waals surface area contributed by atoms with E-state index in [9.17, 15) is 9.90 Å². The molecule has 0 aliphatic heterocycles. The zero-order chi connectivity index (χ0) is 12.1. The highest BCUT2D eigenvalue weighted by molar-refractivity contribution is 7.80. The van der Waals surface area contributed by atoms with Crippen LogP contribution < -0.4 is 0 Å². The van der Waals surface area contributed by atoms with Gasteiger partial charge in [-0.15, -0.1) is 12.6 Å². The van der Waals surface area contributed by atoms with E-state index in [0.717, 1.165) is 5.56 Å². The van der Waals surface area contributed by atoms with Crippen molar-refractivity contribution < 1.29 is 15.0 Å². The van der Waals surface area contributed by atoms with Crippen LogP contribution in [0.1, 0.15) is 23.7 Å². The molecule has 0 aliphatic rings. The first-order valence-corrected chi connectivity index (χ1v) is 5.10. The first-order valence-electron chi connectivity index (χ1n) is 4.66. The number of hydrogen-bond acceptors (Lipinski definition) is 4. The van der Waals surface area contributed by atoms with Gasteiger partial charge in [0.05, 0.1) is 6.07 Å². The third-order valence-electron chi connectivity index (χ3n) is 2.15. The van der Waals surface area contributed by atoms with Gasteiger partial charge in [-0.3, -0.25) is 0 Å². The van der Waals surface area contributed by atoms with Crippen molar-refractivity contribution in [3.8, 4) is 6.07 Å². The Morgan fingerprint density at radius 2 is 2.25 bits per heavy atom. The molecule has 0 saturated heterocycles. The fourth-order valence-electron chi connectivity index (χ4n) is 1.31. The third kappa shape index (κ3) is 2.99. The lowest BCUT2D eigenvalue weighted by Crippen LogP contribution is -2.11. The van der Waals surface area contributed by atoms with Crippen molar-refractivity contribution in [2.75, 3.05) is 0 Å². The first-order chi connectivity index (χ1) is 7.56. The summed E-state index contributed by atoms with van der Waals surface area (Å²) in [5.41, 5.74) is 1.16. The van der Waals surface area contributed by atoms with Crippen LogP contribution in [0.15, 0.2) is 23.1 Å². The minimum absolute atomic E-state index is 0.261. The molecule has 0 bridgehead atoms. The number of hydrogen-bond donors (Lipinski definition) is 3. The molecule has 1 aromatic carbocycles. The molecule has 84 valence electrons. The maximum absolute atomic E-state index is 10.6. The molecule has 1 unspecified atom stereocenters. The van der Waals surface area contributed by atoms with Crippen LogP contribution in [0.4, 0.5) is 0 Å². The van der Waals surface area contributed by atoms with Crippen molar-refractivity contribution >= 4 is 18.6 Å². The molecular formula is C11H11NO3S. The molecule has 1 atom stereocenters. The normalized spacial score (nSPS) is 11.8. The summed E-state index contributed by atoms with van der Waals surface area (Å²) in [4.78, 5) is 11.0. The highest BCUT2D eigenvalue weighted by Crippen LogP contribution is 2.23. The average Bonchev–Trinajstić information content (AvgIpc) is 2.25. The number of aliphatic hydroxyl groups is 1. The van der Waals surface area contributed by atoms with Crippen molar-refractivity contribution in [1.82, 2.24) is 0 Å². The number of carboxylic acid groups (broad SMARTS) is 1. The van der Waals surface area contributed by atoms with E-state index in [1.165, 1.54) is 6.07 Å². The summed E-state index contributed by atoms with van der Waals surface area (Å²) in [7, 11) is 0. The lowest BCUT2D eigenvalue weighted by molar-refractivity contribution is -0.147. The molecule has 0 saturated carbocycles. The SMILES string of the molecule is N#CCCc1ccc(C(O)C(=O)O)c(S)c1. The van der Waals surface area contributed by atoms with Crippen molar-refractivity contribution in [2.45, 2.75) is 23.8 Å². The second-order valence-electron chi connectivity index (χ2n) is 3.29. The Labute approximate surface area is 98.6 Å². The Balaban J connectivity index is 2.92. The molecule has 1 rings (SSSR count). The second-order valence-corrected chi connectivity index (χ2v) is 3.77. The summed E-state index contributed by atoms with van der Waals surface area (Å²) in [6.45, 7) is 0. The monoisotopic (exact) mass is 237 g/mol. The number of aryl methyl sites for hydroxylation is 1. The molecule has 0 aliphatic carbocycles. The highest BCUT2D eigenvalue weighted by Gasteiger charge is 2.18. The minimum Gasteiger partial charge on any atom is -0.479 e. The number of nitriles is 1. The predicted octanol–water partition coefficient (Wildman–Crippen LogP) is 1.55. The van der Waals surface area contributed by atoms with Gasteiger partial charge in [-0.2, -0.15) is 5.26 Å². The molecule has 4 nitrogen and oxygen atoms in total. The van der Waals surface area contributed by atoms with Gasteiger partial charge in [0.25, 0.3) is 0 Å². The number of aliphatic hydroxyl groups excluding tert-OH is 1. The fraction of sp³-hybridized carbons (Fsp3) is 0.273. The van der Waals surface area contributed by atoms with Crippen LogP contribution in [0.2, 0.25) is 0 Å². The first kappa shape index (κ1) is 12.6. The van der Waals surface area contributed by atoms with Gasteiger partial charge in [0.1, 0.15) is 0 Å². The van der Waals surface area contributed by atoms with Gasteiger partial charge in [0.15, 0.2) is 6.10 Å². The second kappa shape index (κ2) is 5.54. The van der Waals surface area contributed by atoms with Crippen molar-refractivity contribution in [3.05, 3.63) is 29.3 Å². The molecule has 0 radical (unpaired) electrons. The van der Waals surface area contributed by atoms with Crippen molar-refractivity contribution in [1.29, 1.82) is 5.26 Å². The maximum atomic E-state index is 10.6. The quantitative estimate of drug-likeness (QED) is 0.694. The summed E-state index contributed by atoms with van der Waals surface area (Å²) < 4.78 is 0. The lowest BCUT2D eigenvalue weighted by Gasteiger charge is -2.10. The van der Waals surface area contributed by atoms with Crippen LogP contribution in [-0.4, -0.2) is 16.2 Å². The zero-order valence-corrected chi connectivity index (χ0v) is 9.32. The Bertz CT molecular complexity index is 439. The smallest absolute Gasteiger partial charge is 0.337 e. The Morgan fingerprint density at radius 1 is 1.56 bits per heavy atom. The summed E-state index contributed by atoms with van der Waals surface area (Å²) in [5.74, 6) is -1.31. The van der Waals surface area contributed by atoms with E-state index in [1.807, 2.05) is 6.07 Å². The molecule has 5 heteroatoms. The molecule has 0 spiro atoms. The molecule has 0 aromatic heterocycles. The van der Waals surface area contributed by atoms with Gasteiger partial charge in [-0.05, 0) is 18.1 Å². The Kier molecular flexibility index (Phi) is 4.35. The number of carboxylic acids is 1. The average molecular weight is 237 g/mol. The summed E-state index contributed by atoms with van der Waals surface area (Å²) in [6, 6.07) is 6.91. The number of nitrogens with zero attached hydrogens (tertiary/aromatic N) is 1. The van der Waals surface area contributed by atoms with Crippen LogP contribution in [-0.2, 0) is 11.2 Å². The third-order valence-corrected chi connectivity index (χ3v) is 2.54. The van der Waals surface area contributed by atoms with Crippen LogP contribution in [0.3, 0.4) is 0 Å². The number of carbonyl (C=O) groups is 1. The van der Waals surface area contributed by atoms with E-state index >= 15 is 0 Å². The number of benzene rings is 1. The van der Waals surface area contributed by atoms with Crippen LogP contribution in [0.25, 0.3) is 0 Å². The molecule has 0 heterocycles. The van der Waals surface area contributed by atoms with Crippen LogP contribution in [0.5, 0.6) is 0 Å². The van der Waals surface area contributed by atoms with Gasteiger partial charge < -0.3 is 10.2 Å².